The van der Waals surface area contributed by atoms with E-state index in [1.807, 2.05) is 12.1 Å². The van der Waals surface area contributed by atoms with E-state index in [0.717, 1.165) is 17.5 Å². The second-order valence-corrected chi connectivity index (χ2v) is 8.81. The number of benzene rings is 3. The van der Waals surface area contributed by atoms with Gasteiger partial charge in [0.1, 0.15) is 5.82 Å². The van der Waals surface area contributed by atoms with Crippen molar-refractivity contribution in [2.45, 2.75) is 64.7 Å². The summed E-state index contributed by atoms with van der Waals surface area (Å²) < 4.78 is 14.5. The summed E-state index contributed by atoms with van der Waals surface area (Å²) in [6, 6.07) is 22.2. The van der Waals surface area contributed by atoms with E-state index in [1.54, 1.807) is 36.4 Å². The molecule has 0 aliphatic carbocycles. The van der Waals surface area contributed by atoms with Gasteiger partial charge in [-0.05, 0) is 73.0 Å². The lowest BCUT2D eigenvalue weighted by Gasteiger charge is -2.03. The standard InChI is InChI=1S/C33H32FN/c1-2-3-4-5-6-7-8-9-10-27-11-13-29(14-12-27)21-23-32-24-22-30(25-33(32)34)18-15-28-16-19-31(26-35)20-17-28/h11-14,16-17,19-20,22,24-25H,2-10H2,1H3. The van der Waals surface area contributed by atoms with Crippen molar-refractivity contribution in [2.24, 2.45) is 0 Å². The molecule has 0 spiro atoms. The summed E-state index contributed by atoms with van der Waals surface area (Å²) in [7, 11) is 0. The van der Waals surface area contributed by atoms with E-state index in [1.165, 1.54) is 63.0 Å². The molecule has 0 radical (unpaired) electrons. The second-order valence-electron chi connectivity index (χ2n) is 8.81. The van der Waals surface area contributed by atoms with Crippen LogP contribution >= 0.6 is 0 Å². The lowest BCUT2D eigenvalue weighted by molar-refractivity contribution is 0.575. The Hall–Kier alpha value is -3.80. The zero-order chi connectivity index (χ0) is 24.7. The Bertz CT molecular complexity index is 1240. The maximum atomic E-state index is 14.5. The molecule has 0 saturated heterocycles. The molecule has 3 rings (SSSR count). The summed E-state index contributed by atoms with van der Waals surface area (Å²) in [4.78, 5) is 0. The van der Waals surface area contributed by atoms with Gasteiger partial charge in [0.05, 0.1) is 17.2 Å². The highest BCUT2D eigenvalue weighted by molar-refractivity contribution is 5.49. The summed E-state index contributed by atoms with van der Waals surface area (Å²) in [6.45, 7) is 2.25. The van der Waals surface area contributed by atoms with Crippen molar-refractivity contribution < 1.29 is 4.39 Å². The minimum absolute atomic E-state index is 0.358. The lowest BCUT2D eigenvalue weighted by atomic mass is 10.0. The third kappa shape index (κ3) is 9.16. The van der Waals surface area contributed by atoms with Gasteiger partial charge in [0.2, 0.25) is 0 Å². The molecule has 0 N–H and O–H groups in total. The fraction of sp³-hybridized carbons (Fsp3) is 0.303. The minimum atomic E-state index is -0.379. The van der Waals surface area contributed by atoms with Crippen molar-refractivity contribution in [3.63, 3.8) is 0 Å². The number of hydrogen-bond acceptors (Lipinski definition) is 1. The van der Waals surface area contributed by atoms with Gasteiger partial charge in [-0.2, -0.15) is 5.26 Å². The first-order chi connectivity index (χ1) is 17.2. The Kier molecular flexibility index (Phi) is 10.7. The van der Waals surface area contributed by atoms with E-state index in [2.05, 4.69) is 48.8 Å². The molecule has 0 aliphatic rings. The molecule has 0 aliphatic heterocycles. The summed E-state index contributed by atoms with van der Waals surface area (Å²) in [5.41, 5.74) is 4.52. The summed E-state index contributed by atoms with van der Waals surface area (Å²) in [5, 5.41) is 8.86. The van der Waals surface area contributed by atoms with Gasteiger partial charge >= 0.3 is 0 Å². The first-order valence-electron chi connectivity index (χ1n) is 12.6. The van der Waals surface area contributed by atoms with Crippen LogP contribution in [0.3, 0.4) is 0 Å². The van der Waals surface area contributed by atoms with Crippen LogP contribution in [0.1, 0.15) is 91.7 Å². The predicted molar refractivity (Wildman–Crippen MR) is 142 cm³/mol. The van der Waals surface area contributed by atoms with Crippen molar-refractivity contribution in [1.82, 2.24) is 0 Å². The van der Waals surface area contributed by atoms with Gasteiger partial charge in [0.25, 0.3) is 0 Å². The Morgan fingerprint density at radius 2 is 1.11 bits per heavy atom. The molecule has 2 heteroatoms. The molecule has 35 heavy (non-hydrogen) atoms. The van der Waals surface area contributed by atoms with Crippen LogP contribution < -0.4 is 0 Å². The van der Waals surface area contributed by atoms with Crippen LogP contribution in [0.2, 0.25) is 0 Å². The first-order valence-corrected chi connectivity index (χ1v) is 12.6. The molecule has 0 saturated carbocycles. The largest absolute Gasteiger partial charge is 0.206 e. The fourth-order valence-corrected chi connectivity index (χ4v) is 3.82. The highest BCUT2D eigenvalue weighted by atomic mass is 19.1. The van der Waals surface area contributed by atoms with Crippen molar-refractivity contribution in [2.75, 3.05) is 0 Å². The molecule has 176 valence electrons. The number of unbranched alkanes of at least 4 members (excludes halogenated alkanes) is 7. The Morgan fingerprint density at radius 3 is 1.74 bits per heavy atom. The molecular weight excluding hydrogens is 429 g/mol. The third-order valence-electron chi connectivity index (χ3n) is 5.95. The number of hydrogen-bond donors (Lipinski definition) is 0. The van der Waals surface area contributed by atoms with Gasteiger partial charge in [-0.1, -0.05) is 87.7 Å². The van der Waals surface area contributed by atoms with Gasteiger partial charge in [-0.15, -0.1) is 0 Å². The highest BCUT2D eigenvalue weighted by Gasteiger charge is 2.00. The predicted octanol–water partition coefficient (Wildman–Crippen LogP) is 8.18. The summed E-state index contributed by atoms with van der Waals surface area (Å²) in [5.74, 6) is 11.6. The van der Waals surface area contributed by atoms with Crippen LogP contribution in [0.4, 0.5) is 4.39 Å². The van der Waals surface area contributed by atoms with E-state index in [9.17, 15) is 4.39 Å². The number of nitrogens with zero attached hydrogens (tertiary/aromatic N) is 1. The molecule has 3 aromatic carbocycles. The van der Waals surface area contributed by atoms with E-state index in [4.69, 9.17) is 5.26 Å². The van der Waals surface area contributed by atoms with E-state index in [-0.39, 0.29) is 5.82 Å². The molecule has 0 unspecified atom stereocenters. The molecule has 3 aromatic rings. The Labute approximate surface area is 210 Å². The number of aryl methyl sites for hydroxylation is 1. The Morgan fingerprint density at radius 1 is 0.600 bits per heavy atom. The molecule has 0 fully saturated rings. The topological polar surface area (TPSA) is 23.8 Å². The fourth-order valence-electron chi connectivity index (χ4n) is 3.82. The SMILES string of the molecule is CCCCCCCCCCc1ccc(C#Cc2ccc(C#Cc3ccc(C#N)cc3)cc2F)cc1. The lowest BCUT2D eigenvalue weighted by Crippen LogP contribution is -1.88. The quantitative estimate of drug-likeness (QED) is 0.233. The van der Waals surface area contributed by atoms with Gasteiger partial charge in [-0.25, -0.2) is 4.39 Å². The van der Waals surface area contributed by atoms with E-state index >= 15 is 0 Å². The minimum Gasteiger partial charge on any atom is -0.206 e. The molecule has 0 amide bonds. The van der Waals surface area contributed by atoms with E-state index < -0.39 is 0 Å². The maximum absolute atomic E-state index is 14.5. The van der Waals surface area contributed by atoms with Crippen LogP contribution in [0, 0.1) is 40.8 Å². The number of nitriles is 1. The first kappa shape index (κ1) is 25.8. The molecule has 0 aromatic heterocycles. The highest BCUT2D eigenvalue weighted by Crippen LogP contribution is 2.13. The number of rotatable bonds is 9. The van der Waals surface area contributed by atoms with Crippen LogP contribution in [-0.4, -0.2) is 0 Å². The zero-order valence-corrected chi connectivity index (χ0v) is 20.5. The van der Waals surface area contributed by atoms with Crippen molar-refractivity contribution in [1.29, 1.82) is 5.26 Å². The van der Waals surface area contributed by atoms with Crippen LogP contribution in [0.15, 0.2) is 66.7 Å². The van der Waals surface area contributed by atoms with Crippen LogP contribution in [0.5, 0.6) is 0 Å². The monoisotopic (exact) mass is 461 g/mol. The van der Waals surface area contributed by atoms with Crippen molar-refractivity contribution in [3.05, 3.63) is 106 Å². The van der Waals surface area contributed by atoms with Crippen LogP contribution in [0.25, 0.3) is 0 Å². The third-order valence-corrected chi connectivity index (χ3v) is 5.95. The molecule has 0 atom stereocenters. The smallest absolute Gasteiger partial charge is 0.140 e. The van der Waals surface area contributed by atoms with E-state index in [0.29, 0.717) is 16.7 Å². The molecule has 0 heterocycles. The van der Waals surface area contributed by atoms with Gasteiger partial charge < -0.3 is 0 Å². The number of halogens is 1. The average Bonchev–Trinajstić information content (AvgIpc) is 2.89. The maximum Gasteiger partial charge on any atom is 0.140 e. The van der Waals surface area contributed by atoms with Crippen molar-refractivity contribution >= 4 is 0 Å². The normalized spacial score (nSPS) is 9.97. The van der Waals surface area contributed by atoms with Gasteiger partial charge in [0.15, 0.2) is 0 Å². The molecule has 1 nitrogen and oxygen atoms in total. The summed E-state index contributed by atoms with van der Waals surface area (Å²) >= 11 is 0. The zero-order valence-electron chi connectivity index (χ0n) is 20.5. The van der Waals surface area contributed by atoms with Crippen molar-refractivity contribution in [3.8, 4) is 29.8 Å². The molecular formula is C33H32FN. The van der Waals surface area contributed by atoms with Crippen LogP contribution in [-0.2, 0) is 6.42 Å². The van der Waals surface area contributed by atoms with Gasteiger partial charge in [-0.3, -0.25) is 0 Å². The average molecular weight is 462 g/mol. The van der Waals surface area contributed by atoms with Gasteiger partial charge in [0, 0.05) is 16.7 Å². The second kappa shape index (κ2) is 14.5. The summed E-state index contributed by atoms with van der Waals surface area (Å²) in [6.07, 6.45) is 11.7. The molecule has 0 bridgehead atoms. The Balaban J connectivity index is 1.50.